The van der Waals surface area contributed by atoms with Gasteiger partial charge < -0.3 is 14.2 Å². The lowest BCUT2D eigenvalue weighted by Crippen LogP contribution is -2.40. The number of aryl methyl sites for hydroxylation is 1. The van der Waals surface area contributed by atoms with Gasteiger partial charge in [0.05, 0.1) is 29.1 Å². The van der Waals surface area contributed by atoms with Crippen molar-refractivity contribution < 1.29 is 21.5 Å². The lowest BCUT2D eigenvalue weighted by Gasteiger charge is -2.27. The standard InChI is InChI=1S/C23H23ClN6O2/c1-15-3-5-20(30-25-8-9-26-30)18(13-15)22(31)29-12-11-28(10-7-16(29)2)23-27-19-14-17(24)4-6-21(19)32-23/h3-6,8-9,13-14,16H,7,10-12H2,1-2H3/t16-/m1/s1/i2D3,7D2,11D2,12D2. The van der Waals surface area contributed by atoms with Crippen LogP contribution >= 0.6 is 11.6 Å². The zero-order chi connectivity index (χ0) is 30.1. The normalized spacial score (nSPS) is 26.3. The van der Waals surface area contributed by atoms with Crippen molar-refractivity contribution in [3.05, 3.63) is 64.9 Å². The number of fused-ring (bicyclic) bond motifs is 1. The lowest BCUT2D eigenvalue weighted by atomic mass is 10.1. The second-order valence-corrected chi connectivity index (χ2v) is 7.48. The fourth-order valence-corrected chi connectivity index (χ4v) is 3.41. The third-order valence-corrected chi connectivity index (χ3v) is 5.05. The zero-order valence-corrected chi connectivity index (χ0v) is 17.5. The van der Waals surface area contributed by atoms with Crippen LogP contribution in [0.15, 0.2) is 53.2 Å². The maximum absolute atomic E-state index is 14.3. The van der Waals surface area contributed by atoms with Crippen molar-refractivity contribution in [1.29, 1.82) is 0 Å². The van der Waals surface area contributed by atoms with Crippen LogP contribution in [0, 0.1) is 6.92 Å². The second-order valence-electron chi connectivity index (χ2n) is 7.04. The molecule has 2 aromatic carbocycles. The molecular formula is C23H23ClN6O2. The van der Waals surface area contributed by atoms with Crippen LogP contribution in [-0.4, -0.2) is 56.4 Å². The van der Waals surface area contributed by atoms with Crippen molar-refractivity contribution in [2.24, 2.45) is 0 Å². The second kappa shape index (κ2) is 8.27. The first kappa shape index (κ1) is 12.6. The SMILES string of the molecule is [2H]C([2H])([2H])[C@H]1N(C(=O)c2cc(C)ccc2-n2nccn2)C([2H])([2H])C([2H])([2H])N(c2nc3cc(Cl)ccc3o2)CC1([2H])[2H]. The summed E-state index contributed by atoms with van der Waals surface area (Å²) in [6.07, 6.45) is -0.231. The van der Waals surface area contributed by atoms with E-state index in [1.54, 1.807) is 13.0 Å². The zero-order valence-electron chi connectivity index (χ0n) is 25.8. The molecular weight excluding hydrogens is 428 g/mol. The quantitative estimate of drug-likeness (QED) is 0.458. The van der Waals surface area contributed by atoms with Gasteiger partial charge in [-0.1, -0.05) is 23.2 Å². The lowest BCUT2D eigenvalue weighted by molar-refractivity contribution is 0.0704. The van der Waals surface area contributed by atoms with Gasteiger partial charge in [0.25, 0.3) is 11.9 Å². The molecule has 1 saturated heterocycles. The highest BCUT2D eigenvalue weighted by Crippen LogP contribution is 2.27. The molecule has 3 heterocycles. The van der Waals surface area contributed by atoms with E-state index < -0.39 is 50.7 Å². The number of aromatic nitrogens is 4. The summed E-state index contributed by atoms with van der Waals surface area (Å²) in [6, 6.07) is 5.87. The van der Waals surface area contributed by atoms with Crippen LogP contribution in [0.5, 0.6) is 0 Å². The number of hydrogen-bond acceptors (Lipinski definition) is 6. The van der Waals surface area contributed by atoms with Crippen molar-refractivity contribution in [3.8, 4) is 5.69 Å². The number of oxazole rings is 1. The number of nitrogens with zero attached hydrogens (tertiary/aromatic N) is 6. The number of carbonyl (C=O) groups excluding carboxylic acids is 1. The number of benzene rings is 2. The Morgan fingerprint density at radius 3 is 2.88 bits per heavy atom. The van der Waals surface area contributed by atoms with E-state index in [1.165, 1.54) is 42.7 Å². The fourth-order valence-electron chi connectivity index (χ4n) is 3.24. The van der Waals surface area contributed by atoms with Gasteiger partial charge in [-0.25, -0.2) is 0 Å². The average Bonchev–Trinajstić information content (AvgIpc) is 3.53. The van der Waals surface area contributed by atoms with Crippen molar-refractivity contribution in [3.63, 3.8) is 0 Å². The molecule has 0 bridgehead atoms. The molecule has 0 spiro atoms. The highest BCUT2D eigenvalue weighted by atomic mass is 35.5. The largest absolute Gasteiger partial charge is 0.423 e. The van der Waals surface area contributed by atoms with Gasteiger partial charge in [-0.15, -0.1) is 0 Å². The molecule has 0 unspecified atom stereocenters. The molecule has 0 N–H and O–H groups in total. The molecule has 1 fully saturated rings. The number of halogens is 1. The Kier molecular flexibility index (Phi) is 3.26. The number of amides is 1. The number of rotatable bonds is 3. The molecule has 1 aliphatic rings. The summed E-state index contributed by atoms with van der Waals surface area (Å²) in [5.41, 5.74) is 0.689. The Morgan fingerprint density at radius 1 is 1.22 bits per heavy atom. The first-order valence-corrected chi connectivity index (χ1v) is 9.98. The first-order chi connectivity index (χ1) is 18.9. The summed E-state index contributed by atoms with van der Waals surface area (Å²) in [5, 5.41) is 8.31. The Morgan fingerprint density at radius 2 is 2.06 bits per heavy atom. The minimum absolute atomic E-state index is 0.0590. The van der Waals surface area contributed by atoms with Gasteiger partial charge in [0, 0.05) is 37.5 Å². The highest BCUT2D eigenvalue weighted by Gasteiger charge is 2.29. The third-order valence-electron chi connectivity index (χ3n) is 4.81. The van der Waals surface area contributed by atoms with Gasteiger partial charge >= 0.3 is 0 Å². The highest BCUT2D eigenvalue weighted by molar-refractivity contribution is 6.31. The number of hydrogen-bond donors (Lipinski definition) is 0. The monoisotopic (exact) mass is 459 g/mol. The molecule has 0 radical (unpaired) electrons. The molecule has 32 heavy (non-hydrogen) atoms. The summed E-state index contributed by atoms with van der Waals surface area (Å²) < 4.78 is 83.6. The van der Waals surface area contributed by atoms with Crippen molar-refractivity contribution in [1.82, 2.24) is 24.9 Å². The summed E-state index contributed by atoms with van der Waals surface area (Å²) in [5.74, 6) is -1.27. The Hall–Kier alpha value is -3.39. The summed E-state index contributed by atoms with van der Waals surface area (Å²) >= 11 is 6.02. The van der Waals surface area contributed by atoms with Gasteiger partial charge in [0.1, 0.15) is 5.52 Å². The van der Waals surface area contributed by atoms with Gasteiger partial charge in [0.2, 0.25) is 0 Å². The van der Waals surface area contributed by atoms with E-state index in [0.717, 1.165) is 4.80 Å². The average molecular weight is 460 g/mol. The molecule has 2 aromatic heterocycles. The molecule has 4 aromatic rings. The summed E-state index contributed by atoms with van der Waals surface area (Å²) in [6.45, 7) is -9.37. The maximum Gasteiger partial charge on any atom is 0.298 e. The van der Waals surface area contributed by atoms with Crippen LogP contribution in [0.3, 0.4) is 0 Å². The molecule has 1 atom stereocenters. The summed E-state index contributed by atoms with van der Waals surface area (Å²) in [7, 11) is 0. The van der Waals surface area contributed by atoms with Gasteiger partial charge in [-0.05, 0) is 50.5 Å². The fraction of sp³-hybridized carbons (Fsp3) is 0.304. The van der Waals surface area contributed by atoms with Crippen LogP contribution in [0.25, 0.3) is 16.8 Å². The minimum Gasteiger partial charge on any atom is -0.423 e. The van der Waals surface area contributed by atoms with E-state index in [4.69, 9.17) is 28.4 Å². The van der Waals surface area contributed by atoms with E-state index >= 15 is 0 Å². The molecule has 5 rings (SSSR count). The molecule has 1 amide bonds. The molecule has 164 valence electrons. The van der Waals surface area contributed by atoms with E-state index in [-0.39, 0.29) is 27.3 Å². The number of anilines is 1. The minimum atomic E-state index is -3.45. The number of carbonyl (C=O) groups is 1. The van der Waals surface area contributed by atoms with Crippen LogP contribution in [-0.2, 0) is 0 Å². The van der Waals surface area contributed by atoms with E-state index in [1.807, 2.05) is 0 Å². The topological polar surface area (TPSA) is 80.3 Å². The van der Waals surface area contributed by atoms with E-state index in [2.05, 4.69) is 15.2 Å². The van der Waals surface area contributed by atoms with Crippen LogP contribution in [0.4, 0.5) is 6.01 Å². The van der Waals surface area contributed by atoms with Gasteiger partial charge in [-0.2, -0.15) is 20.0 Å². The third kappa shape index (κ3) is 3.82. The summed E-state index contributed by atoms with van der Waals surface area (Å²) in [4.78, 5) is 20.2. The Balaban J connectivity index is 1.73. The van der Waals surface area contributed by atoms with Crippen molar-refractivity contribution in [2.75, 3.05) is 24.4 Å². The van der Waals surface area contributed by atoms with Crippen LogP contribution < -0.4 is 4.90 Å². The van der Waals surface area contributed by atoms with E-state index in [9.17, 15) is 4.79 Å². The van der Waals surface area contributed by atoms with Crippen LogP contribution in [0.1, 0.15) is 41.5 Å². The predicted molar refractivity (Wildman–Crippen MR) is 122 cm³/mol. The van der Waals surface area contributed by atoms with Crippen molar-refractivity contribution >= 4 is 34.6 Å². The smallest absolute Gasteiger partial charge is 0.298 e. The molecule has 8 nitrogen and oxygen atoms in total. The molecule has 9 heteroatoms. The Bertz CT molecular complexity index is 1620. The van der Waals surface area contributed by atoms with Crippen molar-refractivity contribution in [2.45, 2.75) is 26.2 Å². The van der Waals surface area contributed by atoms with Gasteiger partial charge in [0.15, 0.2) is 5.58 Å². The molecule has 0 saturated carbocycles. The Labute approximate surface area is 203 Å². The maximum atomic E-state index is 14.3. The van der Waals surface area contributed by atoms with E-state index in [0.29, 0.717) is 15.5 Å². The molecule has 0 aliphatic carbocycles. The van der Waals surface area contributed by atoms with Crippen LogP contribution in [0.2, 0.25) is 5.02 Å². The predicted octanol–water partition coefficient (Wildman–Crippen LogP) is 4.11. The first-order valence-electron chi connectivity index (χ1n) is 14.1. The molecule has 1 aliphatic heterocycles. The van der Waals surface area contributed by atoms with Gasteiger partial charge in [-0.3, -0.25) is 4.79 Å².